The molecule has 0 aliphatic rings. The minimum Gasteiger partial charge on any atom is -0.350 e. The Hall–Kier alpha value is -2.36. The average molecular weight is 382 g/mol. The van der Waals surface area contributed by atoms with Crippen molar-refractivity contribution in [3.63, 3.8) is 0 Å². The Bertz CT molecular complexity index is 882. The van der Waals surface area contributed by atoms with Crippen LogP contribution in [0, 0.1) is 12.8 Å². The summed E-state index contributed by atoms with van der Waals surface area (Å²) in [5, 5.41) is 11.1. The molecule has 0 unspecified atom stereocenters. The molecular formula is C16H26N6O3S. The Balaban J connectivity index is 2.34. The van der Waals surface area contributed by atoms with Crippen LogP contribution in [0.1, 0.15) is 43.9 Å². The van der Waals surface area contributed by atoms with Crippen molar-refractivity contribution in [1.29, 1.82) is 0 Å². The van der Waals surface area contributed by atoms with E-state index >= 15 is 0 Å². The molecule has 0 saturated heterocycles. The fourth-order valence-electron chi connectivity index (χ4n) is 2.33. The lowest BCUT2D eigenvalue weighted by Gasteiger charge is -2.09. The van der Waals surface area contributed by atoms with Crippen molar-refractivity contribution in [1.82, 2.24) is 24.9 Å². The highest BCUT2D eigenvalue weighted by Gasteiger charge is 2.25. The van der Waals surface area contributed by atoms with E-state index in [2.05, 4.69) is 20.2 Å². The van der Waals surface area contributed by atoms with E-state index in [1.807, 2.05) is 27.7 Å². The van der Waals surface area contributed by atoms with Crippen molar-refractivity contribution in [3.05, 3.63) is 23.8 Å². The van der Waals surface area contributed by atoms with Crippen LogP contribution < -0.4 is 10.0 Å². The molecule has 0 aliphatic heterocycles. The quantitative estimate of drug-likeness (QED) is 0.721. The highest BCUT2D eigenvalue weighted by molar-refractivity contribution is 7.92. The number of hydrogen-bond donors (Lipinski definition) is 2. The van der Waals surface area contributed by atoms with Crippen molar-refractivity contribution in [2.75, 3.05) is 11.3 Å². The summed E-state index contributed by atoms with van der Waals surface area (Å²) in [6, 6.07) is 0. The Morgan fingerprint density at radius 2 is 1.77 bits per heavy atom. The number of nitrogens with zero attached hydrogens (tertiary/aromatic N) is 4. The summed E-state index contributed by atoms with van der Waals surface area (Å²) in [4.78, 5) is 12.5. The second-order valence-electron chi connectivity index (χ2n) is 6.39. The number of aryl methyl sites for hydroxylation is 3. The van der Waals surface area contributed by atoms with E-state index in [0.29, 0.717) is 25.3 Å². The summed E-state index contributed by atoms with van der Waals surface area (Å²) in [5.41, 5.74) is 0.599. The average Bonchev–Trinajstić information content (AvgIpc) is 3.15. The zero-order valence-corrected chi connectivity index (χ0v) is 16.6. The van der Waals surface area contributed by atoms with E-state index in [1.165, 1.54) is 17.1 Å². The van der Waals surface area contributed by atoms with Gasteiger partial charge >= 0.3 is 0 Å². The normalized spacial score (nSPS) is 11.8. The molecule has 2 rings (SSSR count). The molecule has 1 amide bonds. The SMILES string of the molecule is CCn1cc(S(=O)(=O)Nc2cn(CC)nc2C(=O)NCC(C)C)c(C)n1. The van der Waals surface area contributed by atoms with Crippen LogP contribution >= 0.6 is 0 Å². The molecule has 9 nitrogen and oxygen atoms in total. The van der Waals surface area contributed by atoms with E-state index in [0.717, 1.165) is 0 Å². The number of hydrogen-bond acceptors (Lipinski definition) is 5. The largest absolute Gasteiger partial charge is 0.350 e. The number of amides is 1. The zero-order valence-electron chi connectivity index (χ0n) is 15.8. The first-order valence-corrected chi connectivity index (χ1v) is 10.1. The fraction of sp³-hybridized carbons (Fsp3) is 0.562. The number of sulfonamides is 1. The van der Waals surface area contributed by atoms with E-state index < -0.39 is 15.9 Å². The van der Waals surface area contributed by atoms with Gasteiger partial charge in [0.25, 0.3) is 15.9 Å². The summed E-state index contributed by atoms with van der Waals surface area (Å²) in [6.45, 7) is 10.9. The van der Waals surface area contributed by atoms with Gasteiger partial charge in [0.2, 0.25) is 0 Å². The zero-order chi connectivity index (χ0) is 19.5. The van der Waals surface area contributed by atoms with Crippen molar-refractivity contribution in [2.24, 2.45) is 5.92 Å². The molecule has 0 spiro atoms. The van der Waals surface area contributed by atoms with Crippen LogP contribution in [0.2, 0.25) is 0 Å². The lowest BCUT2D eigenvalue weighted by molar-refractivity contribution is 0.0944. The molecule has 10 heteroatoms. The maximum absolute atomic E-state index is 12.8. The molecule has 0 aromatic carbocycles. The summed E-state index contributed by atoms with van der Waals surface area (Å²) in [6.07, 6.45) is 2.99. The van der Waals surface area contributed by atoms with Gasteiger partial charge in [-0.25, -0.2) is 8.42 Å². The highest BCUT2D eigenvalue weighted by atomic mass is 32.2. The predicted octanol–water partition coefficient (Wildman–Crippen LogP) is 1.61. The molecule has 0 fully saturated rings. The Morgan fingerprint density at radius 3 is 2.31 bits per heavy atom. The maximum Gasteiger partial charge on any atom is 0.273 e. The summed E-state index contributed by atoms with van der Waals surface area (Å²) in [7, 11) is -3.88. The van der Waals surface area contributed by atoms with Gasteiger partial charge in [-0.2, -0.15) is 10.2 Å². The van der Waals surface area contributed by atoms with Crippen LogP contribution in [-0.2, 0) is 23.1 Å². The first-order valence-electron chi connectivity index (χ1n) is 8.60. The number of carbonyl (C=O) groups is 1. The van der Waals surface area contributed by atoms with Crippen LogP contribution in [0.5, 0.6) is 0 Å². The van der Waals surface area contributed by atoms with Crippen LogP contribution in [0.25, 0.3) is 0 Å². The van der Waals surface area contributed by atoms with Crippen molar-refractivity contribution in [2.45, 2.75) is 52.6 Å². The smallest absolute Gasteiger partial charge is 0.273 e. The molecule has 144 valence electrons. The number of nitrogens with one attached hydrogen (secondary N) is 2. The van der Waals surface area contributed by atoms with Crippen LogP contribution in [0.15, 0.2) is 17.3 Å². The third-order valence-corrected chi connectivity index (χ3v) is 5.20. The van der Waals surface area contributed by atoms with E-state index in [1.54, 1.807) is 11.6 Å². The van der Waals surface area contributed by atoms with Gasteiger partial charge in [0.1, 0.15) is 4.90 Å². The van der Waals surface area contributed by atoms with Gasteiger partial charge in [-0.05, 0) is 26.7 Å². The molecule has 0 radical (unpaired) electrons. The number of anilines is 1. The maximum atomic E-state index is 12.8. The first-order chi connectivity index (χ1) is 12.2. The van der Waals surface area contributed by atoms with Crippen molar-refractivity contribution in [3.8, 4) is 0 Å². The van der Waals surface area contributed by atoms with E-state index in [4.69, 9.17) is 0 Å². The third-order valence-electron chi connectivity index (χ3n) is 3.73. The Morgan fingerprint density at radius 1 is 1.15 bits per heavy atom. The molecular weight excluding hydrogens is 356 g/mol. The molecule has 2 aromatic heterocycles. The Labute approximate surface area is 153 Å². The molecule has 0 atom stereocenters. The fourth-order valence-corrected chi connectivity index (χ4v) is 3.57. The highest BCUT2D eigenvalue weighted by Crippen LogP contribution is 2.21. The van der Waals surface area contributed by atoms with Gasteiger partial charge in [-0.1, -0.05) is 13.8 Å². The number of aromatic nitrogens is 4. The van der Waals surface area contributed by atoms with Gasteiger partial charge in [-0.3, -0.25) is 18.9 Å². The molecule has 2 heterocycles. The minimum absolute atomic E-state index is 0.0524. The summed E-state index contributed by atoms with van der Waals surface area (Å²) in [5.74, 6) is -0.139. The second kappa shape index (κ2) is 7.90. The number of rotatable bonds is 8. The van der Waals surface area contributed by atoms with Gasteiger partial charge in [0, 0.05) is 32.0 Å². The number of carbonyl (C=O) groups excluding carboxylic acids is 1. The van der Waals surface area contributed by atoms with Crippen molar-refractivity contribution < 1.29 is 13.2 Å². The molecule has 26 heavy (non-hydrogen) atoms. The molecule has 0 bridgehead atoms. The lowest BCUT2D eigenvalue weighted by Crippen LogP contribution is -2.28. The predicted molar refractivity (Wildman–Crippen MR) is 98.5 cm³/mol. The minimum atomic E-state index is -3.88. The van der Waals surface area contributed by atoms with E-state index in [9.17, 15) is 13.2 Å². The molecule has 0 saturated carbocycles. The first kappa shape index (κ1) is 20.0. The van der Waals surface area contributed by atoms with Gasteiger partial charge in [0.05, 0.1) is 11.4 Å². The van der Waals surface area contributed by atoms with Crippen LogP contribution in [-0.4, -0.2) is 40.4 Å². The topological polar surface area (TPSA) is 111 Å². The summed E-state index contributed by atoms with van der Waals surface area (Å²) < 4.78 is 31.1. The second-order valence-corrected chi connectivity index (χ2v) is 8.04. The third kappa shape index (κ3) is 4.43. The molecule has 2 N–H and O–H groups in total. The van der Waals surface area contributed by atoms with Gasteiger partial charge in [-0.15, -0.1) is 0 Å². The Kier molecular flexibility index (Phi) is 6.06. The van der Waals surface area contributed by atoms with Crippen LogP contribution in [0.4, 0.5) is 5.69 Å². The summed E-state index contributed by atoms with van der Waals surface area (Å²) >= 11 is 0. The lowest BCUT2D eigenvalue weighted by atomic mass is 10.2. The van der Waals surface area contributed by atoms with Gasteiger partial charge in [0.15, 0.2) is 5.69 Å². The monoisotopic (exact) mass is 382 g/mol. The molecule has 2 aromatic rings. The van der Waals surface area contributed by atoms with Crippen LogP contribution in [0.3, 0.4) is 0 Å². The standard InChI is InChI=1S/C16H26N6O3S/c1-6-21-9-13(15(19-21)16(23)17-8-11(3)4)20-26(24,25)14-10-22(7-2)18-12(14)5/h9-11,20H,6-8H2,1-5H3,(H,17,23). The van der Waals surface area contributed by atoms with E-state index in [-0.39, 0.29) is 22.2 Å². The molecule has 0 aliphatic carbocycles. The van der Waals surface area contributed by atoms with Crippen molar-refractivity contribution >= 4 is 21.6 Å². The van der Waals surface area contributed by atoms with Gasteiger partial charge < -0.3 is 5.32 Å².